The molecule has 2 aromatic rings. The molecule has 2 rings (SSSR count). The van der Waals surface area contributed by atoms with Gasteiger partial charge in [0.1, 0.15) is 17.3 Å². The Bertz CT molecular complexity index is 696. The number of furan rings is 1. The molecule has 7 heteroatoms. The SMILES string of the molecule is Cc1oc(C)c(C(=O)NCCn2c(C)n[nH]c2=S)c1C. The number of hydrogen-bond acceptors (Lipinski definition) is 4. The first-order valence-corrected chi connectivity index (χ1v) is 6.79. The summed E-state index contributed by atoms with van der Waals surface area (Å²) in [5.41, 5.74) is 1.51. The standard InChI is InChI=1S/C13H18N4O2S/c1-7-8(2)19-9(3)11(7)12(18)14-5-6-17-10(4)15-16-13(17)20/h5-6H2,1-4H3,(H,14,18)(H,16,20). The highest BCUT2D eigenvalue weighted by atomic mass is 32.1. The number of hydrogen-bond donors (Lipinski definition) is 2. The molecule has 6 nitrogen and oxygen atoms in total. The van der Waals surface area contributed by atoms with Crippen LogP contribution < -0.4 is 5.32 Å². The Morgan fingerprint density at radius 3 is 2.55 bits per heavy atom. The number of carbonyl (C=O) groups excluding carboxylic acids is 1. The Kier molecular flexibility index (Phi) is 4.08. The van der Waals surface area contributed by atoms with Gasteiger partial charge in [0.15, 0.2) is 4.77 Å². The molecule has 0 aliphatic rings. The molecule has 0 saturated heterocycles. The molecule has 0 spiro atoms. The maximum absolute atomic E-state index is 12.2. The van der Waals surface area contributed by atoms with Gasteiger partial charge in [-0.3, -0.25) is 9.89 Å². The van der Waals surface area contributed by atoms with Crippen LogP contribution in [-0.2, 0) is 6.54 Å². The molecule has 2 N–H and O–H groups in total. The van der Waals surface area contributed by atoms with Gasteiger partial charge in [0.2, 0.25) is 0 Å². The highest BCUT2D eigenvalue weighted by Gasteiger charge is 2.18. The fourth-order valence-electron chi connectivity index (χ4n) is 2.16. The molecular formula is C13H18N4O2S. The molecule has 0 radical (unpaired) electrons. The molecule has 1 amide bonds. The van der Waals surface area contributed by atoms with Crippen molar-refractivity contribution in [2.45, 2.75) is 34.2 Å². The second-order valence-electron chi connectivity index (χ2n) is 4.70. The van der Waals surface area contributed by atoms with Gasteiger partial charge < -0.3 is 14.3 Å². The van der Waals surface area contributed by atoms with E-state index >= 15 is 0 Å². The largest absolute Gasteiger partial charge is 0.466 e. The third-order valence-electron chi connectivity index (χ3n) is 3.36. The average Bonchev–Trinajstić information content (AvgIpc) is 2.82. The number of rotatable bonds is 4. The summed E-state index contributed by atoms with van der Waals surface area (Å²) in [6.07, 6.45) is 0. The predicted molar refractivity (Wildman–Crippen MR) is 77.4 cm³/mol. The summed E-state index contributed by atoms with van der Waals surface area (Å²) in [5.74, 6) is 2.11. The monoisotopic (exact) mass is 294 g/mol. The van der Waals surface area contributed by atoms with Crippen LogP contribution in [-0.4, -0.2) is 27.2 Å². The molecule has 2 heterocycles. The van der Waals surface area contributed by atoms with Crippen molar-refractivity contribution in [1.82, 2.24) is 20.1 Å². The smallest absolute Gasteiger partial charge is 0.255 e. The van der Waals surface area contributed by atoms with Gasteiger partial charge in [0.05, 0.1) is 5.56 Å². The Morgan fingerprint density at radius 1 is 1.35 bits per heavy atom. The van der Waals surface area contributed by atoms with Gasteiger partial charge in [-0.1, -0.05) is 0 Å². The van der Waals surface area contributed by atoms with Crippen LogP contribution in [0.4, 0.5) is 0 Å². The van der Waals surface area contributed by atoms with Crippen LogP contribution in [0.3, 0.4) is 0 Å². The van der Waals surface area contributed by atoms with Gasteiger partial charge in [-0.05, 0) is 39.9 Å². The van der Waals surface area contributed by atoms with Crippen LogP contribution in [0, 0.1) is 32.5 Å². The van der Waals surface area contributed by atoms with Crippen molar-refractivity contribution in [3.05, 3.63) is 33.2 Å². The minimum absolute atomic E-state index is 0.121. The van der Waals surface area contributed by atoms with Crippen molar-refractivity contribution in [3.8, 4) is 0 Å². The van der Waals surface area contributed by atoms with E-state index in [9.17, 15) is 4.79 Å². The lowest BCUT2D eigenvalue weighted by atomic mass is 10.1. The van der Waals surface area contributed by atoms with Crippen molar-refractivity contribution in [3.63, 3.8) is 0 Å². The van der Waals surface area contributed by atoms with E-state index in [2.05, 4.69) is 15.5 Å². The molecule has 20 heavy (non-hydrogen) atoms. The van der Waals surface area contributed by atoms with Crippen LogP contribution in [0.5, 0.6) is 0 Å². The lowest BCUT2D eigenvalue weighted by Crippen LogP contribution is -2.28. The average molecular weight is 294 g/mol. The maximum Gasteiger partial charge on any atom is 0.255 e. The fourth-order valence-corrected chi connectivity index (χ4v) is 2.43. The van der Waals surface area contributed by atoms with Crippen LogP contribution in [0.2, 0.25) is 0 Å². The highest BCUT2D eigenvalue weighted by molar-refractivity contribution is 7.71. The number of H-pyrrole nitrogens is 1. The first-order valence-electron chi connectivity index (χ1n) is 6.38. The van der Waals surface area contributed by atoms with E-state index in [-0.39, 0.29) is 5.91 Å². The van der Waals surface area contributed by atoms with Gasteiger partial charge >= 0.3 is 0 Å². The van der Waals surface area contributed by atoms with Gasteiger partial charge in [0, 0.05) is 18.7 Å². The predicted octanol–water partition coefficient (Wildman–Crippen LogP) is 2.20. The number of aromatic nitrogens is 3. The first-order chi connectivity index (χ1) is 9.41. The Hall–Kier alpha value is -1.89. The zero-order valence-corrected chi connectivity index (χ0v) is 12.8. The molecule has 0 unspecified atom stereocenters. The van der Waals surface area contributed by atoms with Gasteiger partial charge in [-0.2, -0.15) is 5.10 Å². The van der Waals surface area contributed by atoms with E-state index in [1.807, 2.05) is 25.3 Å². The van der Waals surface area contributed by atoms with Crippen molar-refractivity contribution in [1.29, 1.82) is 0 Å². The zero-order chi connectivity index (χ0) is 14.9. The molecule has 2 aromatic heterocycles. The quantitative estimate of drug-likeness (QED) is 0.848. The minimum Gasteiger partial charge on any atom is -0.466 e. The van der Waals surface area contributed by atoms with Crippen molar-refractivity contribution >= 4 is 18.1 Å². The Labute approximate surface area is 122 Å². The number of nitrogens with zero attached hydrogens (tertiary/aromatic N) is 2. The van der Waals surface area contributed by atoms with Crippen molar-refractivity contribution < 1.29 is 9.21 Å². The molecule has 0 aromatic carbocycles. The van der Waals surface area contributed by atoms with Gasteiger partial charge in [0.25, 0.3) is 5.91 Å². The molecule has 0 bridgehead atoms. The fraction of sp³-hybridized carbons (Fsp3) is 0.462. The number of nitrogens with one attached hydrogen (secondary N) is 2. The van der Waals surface area contributed by atoms with E-state index in [4.69, 9.17) is 16.6 Å². The van der Waals surface area contributed by atoms with Crippen LogP contribution in [0.15, 0.2) is 4.42 Å². The second-order valence-corrected chi connectivity index (χ2v) is 5.08. The van der Waals surface area contributed by atoms with Crippen LogP contribution in [0.25, 0.3) is 0 Å². The summed E-state index contributed by atoms with van der Waals surface area (Å²) in [6.45, 7) is 8.47. The summed E-state index contributed by atoms with van der Waals surface area (Å²) in [4.78, 5) is 12.2. The topological polar surface area (TPSA) is 75.8 Å². The minimum atomic E-state index is -0.121. The molecule has 0 atom stereocenters. The van der Waals surface area contributed by atoms with E-state index in [1.54, 1.807) is 6.92 Å². The number of aromatic amines is 1. The second kappa shape index (κ2) is 5.62. The molecule has 0 fully saturated rings. The third-order valence-corrected chi connectivity index (χ3v) is 3.67. The van der Waals surface area contributed by atoms with E-state index in [0.29, 0.717) is 29.2 Å². The molecule has 0 aliphatic heterocycles. The summed E-state index contributed by atoms with van der Waals surface area (Å²) >= 11 is 5.11. The number of carbonyl (C=O) groups is 1. The maximum atomic E-state index is 12.2. The van der Waals surface area contributed by atoms with Gasteiger partial charge in [-0.15, -0.1) is 0 Å². The van der Waals surface area contributed by atoms with Crippen LogP contribution in [0.1, 0.15) is 33.3 Å². The van der Waals surface area contributed by atoms with E-state index in [0.717, 1.165) is 17.1 Å². The lowest BCUT2D eigenvalue weighted by molar-refractivity contribution is 0.0950. The molecular weight excluding hydrogens is 276 g/mol. The van der Waals surface area contributed by atoms with Crippen LogP contribution >= 0.6 is 12.2 Å². The third kappa shape index (κ3) is 2.67. The normalized spacial score (nSPS) is 10.8. The van der Waals surface area contributed by atoms with E-state index < -0.39 is 0 Å². The summed E-state index contributed by atoms with van der Waals surface area (Å²) in [5, 5.41) is 9.62. The zero-order valence-electron chi connectivity index (χ0n) is 12.0. The highest BCUT2D eigenvalue weighted by Crippen LogP contribution is 2.20. The molecule has 108 valence electrons. The number of amides is 1. The Balaban J connectivity index is 2.01. The lowest BCUT2D eigenvalue weighted by Gasteiger charge is -2.07. The first kappa shape index (κ1) is 14.5. The summed E-state index contributed by atoms with van der Waals surface area (Å²) < 4.78 is 7.86. The van der Waals surface area contributed by atoms with Gasteiger partial charge in [-0.25, -0.2) is 0 Å². The molecule has 0 aliphatic carbocycles. The van der Waals surface area contributed by atoms with Crippen molar-refractivity contribution in [2.75, 3.05) is 6.54 Å². The van der Waals surface area contributed by atoms with Crippen molar-refractivity contribution in [2.24, 2.45) is 0 Å². The molecule has 0 saturated carbocycles. The Morgan fingerprint density at radius 2 is 2.05 bits per heavy atom. The summed E-state index contributed by atoms with van der Waals surface area (Å²) in [7, 11) is 0. The number of aryl methyl sites for hydroxylation is 3. The summed E-state index contributed by atoms with van der Waals surface area (Å²) in [6, 6.07) is 0. The van der Waals surface area contributed by atoms with E-state index in [1.165, 1.54) is 0 Å².